The van der Waals surface area contributed by atoms with Gasteiger partial charge in [0.1, 0.15) is 0 Å². The van der Waals surface area contributed by atoms with E-state index < -0.39 is 6.10 Å². The van der Waals surface area contributed by atoms with Gasteiger partial charge in [0.15, 0.2) is 0 Å². The molecule has 0 bridgehead atoms. The number of aliphatic hydroxyl groups is 1. The van der Waals surface area contributed by atoms with E-state index in [0.29, 0.717) is 0 Å². The van der Waals surface area contributed by atoms with Crippen molar-refractivity contribution in [2.75, 3.05) is 18.1 Å². The van der Waals surface area contributed by atoms with Crippen molar-refractivity contribution in [1.82, 2.24) is 0 Å². The molecule has 0 aromatic heterocycles. The fourth-order valence-electron chi connectivity index (χ4n) is 3.40. The summed E-state index contributed by atoms with van der Waals surface area (Å²) in [6.07, 6.45) is 3.70. The quantitative estimate of drug-likeness (QED) is 0.681. The smallest absolute Gasteiger partial charge is 0.0820 e. The number of hydrogen-bond donors (Lipinski definition) is 1. The lowest BCUT2D eigenvalue weighted by atomic mass is 9.78. The molecular formula is C16H20ClIO2S. The van der Waals surface area contributed by atoms with Gasteiger partial charge in [-0.2, -0.15) is 11.8 Å². The van der Waals surface area contributed by atoms with Gasteiger partial charge in [-0.1, -0.05) is 17.7 Å². The third kappa shape index (κ3) is 3.71. The Kier molecular flexibility index (Phi) is 5.42. The first kappa shape index (κ1) is 16.4. The number of thioether (sulfide) groups is 1. The van der Waals surface area contributed by atoms with Crippen molar-refractivity contribution in [1.29, 1.82) is 0 Å². The summed E-state index contributed by atoms with van der Waals surface area (Å²) in [5, 5.41) is 11.5. The molecule has 2 unspecified atom stereocenters. The van der Waals surface area contributed by atoms with Gasteiger partial charge in [-0.05, 0) is 83.4 Å². The lowest BCUT2D eigenvalue weighted by molar-refractivity contribution is -0.121. The topological polar surface area (TPSA) is 29.5 Å². The molecule has 2 fully saturated rings. The van der Waals surface area contributed by atoms with Crippen LogP contribution in [0.3, 0.4) is 0 Å². The molecule has 2 atom stereocenters. The minimum absolute atomic E-state index is 0.0160. The molecule has 0 radical (unpaired) electrons. The maximum atomic E-state index is 10.8. The molecule has 1 N–H and O–H groups in total. The number of benzene rings is 1. The predicted molar refractivity (Wildman–Crippen MR) is 97.1 cm³/mol. The van der Waals surface area contributed by atoms with Gasteiger partial charge >= 0.3 is 0 Å². The predicted octanol–water partition coefficient (Wildman–Crippen LogP) is 4.67. The van der Waals surface area contributed by atoms with Crippen molar-refractivity contribution in [2.24, 2.45) is 5.92 Å². The first-order valence-corrected chi connectivity index (χ1v) is 10.1. The van der Waals surface area contributed by atoms with Crippen LogP contribution in [0.15, 0.2) is 18.2 Å². The van der Waals surface area contributed by atoms with Crippen LogP contribution in [0.5, 0.6) is 0 Å². The second-order valence-corrected chi connectivity index (χ2v) is 8.81. The highest BCUT2D eigenvalue weighted by molar-refractivity contribution is 14.1. The minimum Gasteiger partial charge on any atom is -0.388 e. The maximum absolute atomic E-state index is 10.8. The average Bonchev–Trinajstić information content (AvgIpc) is 2.50. The first-order chi connectivity index (χ1) is 10.1. The van der Waals surface area contributed by atoms with Crippen LogP contribution in [-0.2, 0) is 4.74 Å². The van der Waals surface area contributed by atoms with Crippen molar-refractivity contribution < 1.29 is 9.84 Å². The molecule has 116 valence electrons. The van der Waals surface area contributed by atoms with E-state index in [1.165, 1.54) is 11.5 Å². The Balaban J connectivity index is 1.74. The Bertz CT molecular complexity index is 500. The number of halogens is 2. The summed E-state index contributed by atoms with van der Waals surface area (Å²) in [6, 6.07) is 5.89. The van der Waals surface area contributed by atoms with Crippen molar-refractivity contribution in [3.05, 3.63) is 32.4 Å². The van der Waals surface area contributed by atoms with Gasteiger partial charge in [0.2, 0.25) is 0 Å². The Hall–Kier alpha value is 0.510. The molecule has 0 aliphatic carbocycles. The summed E-state index contributed by atoms with van der Waals surface area (Å²) in [5.74, 6) is 2.63. The molecule has 2 aliphatic heterocycles. The van der Waals surface area contributed by atoms with Crippen molar-refractivity contribution in [2.45, 2.75) is 37.4 Å². The van der Waals surface area contributed by atoms with Crippen molar-refractivity contribution >= 4 is 46.0 Å². The second kappa shape index (κ2) is 6.95. The van der Waals surface area contributed by atoms with E-state index in [1.54, 1.807) is 0 Å². The monoisotopic (exact) mass is 438 g/mol. The molecule has 1 spiro atoms. The van der Waals surface area contributed by atoms with E-state index in [4.69, 9.17) is 16.3 Å². The zero-order chi connectivity index (χ0) is 14.9. The highest BCUT2D eigenvalue weighted by Crippen LogP contribution is 2.43. The second-order valence-electron chi connectivity index (χ2n) is 6.02. The standard InChI is InChI=1S/C16H20ClIO2S/c17-13-9-11(1-2-14(13)18)15(19)12-3-6-20-16(10-12)4-7-21-8-5-16/h1-2,9,12,15,19H,3-8,10H2. The summed E-state index contributed by atoms with van der Waals surface area (Å²) in [4.78, 5) is 0. The summed E-state index contributed by atoms with van der Waals surface area (Å²) < 4.78 is 7.14. The lowest BCUT2D eigenvalue weighted by Crippen LogP contribution is -2.44. The van der Waals surface area contributed by atoms with Crippen LogP contribution in [0, 0.1) is 9.49 Å². The zero-order valence-corrected chi connectivity index (χ0v) is 15.6. The summed E-state index contributed by atoms with van der Waals surface area (Å²) in [6.45, 7) is 0.768. The van der Waals surface area contributed by atoms with Crippen LogP contribution in [-0.4, -0.2) is 28.8 Å². The minimum atomic E-state index is -0.435. The van der Waals surface area contributed by atoms with E-state index in [2.05, 4.69) is 22.6 Å². The zero-order valence-electron chi connectivity index (χ0n) is 11.9. The molecule has 0 amide bonds. The van der Waals surface area contributed by atoms with Gasteiger partial charge < -0.3 is 9.84 Å². The van der Waals surface area contributed by atoms with Gasteiger partial charge in [0.05, 0.1) is 16.7 Å². The van der Waals surface area contributed by atoms with Crippen LogP contribution in [0.25, 0.3) is 0 Å². The highest BCUT2D eigenvalue weighted by atomic mass is 127. The lowest BCUT2D eigenvalue weighted by Gasteiger charge is -2.44. The number of hydrogen-bond acceptors (Lipinski definition) is 3. The van der Waals surface area contributed by atoms with Crippen molar-refractivity contribution in [3.63, 3.8) is 0 Å². The Morgan fingerprint density at radius 1 is 1.38 bits per heavy atom. The van der Waals surface area contributed by atoms with Crippen LogP contribution in [0.2, 0.25) is 5.02 Å². The van der Waals surface area contributed by atoms with Gasteiger partial charge in [-0.25, -0.2) is 0 Å². The van der Waals surface area contributed by atoms with Gasteiger partial charge in [-0.3, -0.25) is 0 Å². The first-order valence-electron chi connectivity index (χ1n) is 7.44. The number of ether oxygens (including phenoxy) is 1. The fraction of sp³-hybridized carbons (Fsp3) is 0.625. The SMILES string of the molecule is OC(c1ccc(I)c(Cl)c1)C1CCOC2(CCSCC2)C1. The highest BCUT2D eigenvalue weighted by Gasteiger charge is 2.41. The molecule has 1 aromatic rings. The third-order valence-corrected chi connectivity index (χ3v) is 7.22. The normalized spacial score (nSPS) is 26.7. The maximum Gasteiger partial charge on any atom is 0.0820 e. The number of aliphatic hydroxyl groups excluding tert-OH is 1. The van der Waals surface area contributed by atoms with E-state index in [-0.39, 0.29) is 11.5 Å². The number of rotatable bonds is 2. The summed E-state index contributed by atoms with van der Waals surface area (Å²) >= 11 is 10.4. The van der Waals surface area contributed by atoms with Crippen LogP contribution >= 0.6 is 46.0 Å². The van der Waals surface area contributed by atoms with Gasteiger partial charge in [0.25, 0.3) is 0 Å². The molecule has 2 saturated heterocycles. The van der Waals surface area contributed by atoms with Crippen LogP contribution < -0.4 is 0 Å². The summed E-state index contributed by atoms with van der Waals surface area (Å²) in [5.41, 5.74) is 0.954. The Morgan fingerprint density at radius 3 is 2.86 bits per heavy atom. The molecule has 3 rings (SSSR count). The molecule has 1 aromatic carbocycles. The Labute approximate surface area is 149 Å². The molecule has 2 heterocycles. The van der Waals surface area contributed by atoms with Gasteiger partial charge in [-0.15, -0.1) is 0 Å². The fourth-order valence-corrected chi connectivity index (χ4v) is 5.16. The molecule has 0 saturated carbocycles. The largest absolute Gasteiger partial charge is 0.388 e. The summed E-state index contributed by atoms with van der Waals surface area (Å²) in [7, 11) is 0. The molecule has 21 heavy (non-hydrogen) atoms. The van der Waals surface area contributed by atoms with E-state index in [9.17, 15) is 5.11 Å². The Morgan fingerprint density at radius 2 is 2.14 bits per heavy atom. The van der Waals surface area contributed by atoms with E-state index in [0.717, 1.165) is 46.4 Å². The van der Waals surface area contributed by atoms with Crippen molar-refractivity contribution in [3.8, 4) is 0 Å². The average molecular weight is 439 g/mol. The van der Waals surface area contributed by atoms with E-state index >= 15 is 0 Å². The third-order valence-electron chi connectivity index (χ3n) is 4.67. The molecule has 2 aliphatic rings. The van der Waals surface area contributed by atoms with Crippen LogP contribution in [0.1, 0.15) is 37.4 Å². The van der Waals surface area contributed by atoms with Gasteiger partial charge in [0, 0.05) is 10.2 Å². The van der Waals surface area contributed by atoms with Crippen LogP contribution in [0.4, 0.5) is 0 Å². The molecule has 2 nitrogen and oxygen atoms in total. The van der Waals surface area contributed by atoms with E-state index in [1.807, 2.05) is 30.0 Å². The molecular weight excluding hydrogens is 419 g/mol. The molecule has 5 heteroatoms.